The number of sulfonamides is 2. The number of benzene rings is 3. The quantitative estimate of drug-likeness (QED) is 0.127. The second kappa shape index (κ2) is 30.4. The average Bonchev–Trinajstić information content (AvgIpc) is 3.44. The lowest BCUT2D eigenvalue weighted by Crippen LogP contribution is -2.57. The molecule has 22 heteroatoms. The highest BCUT2D eigenvalue weighted by Crippen LogP contribution is 2.30. The van der Waals surface area contributed by atoms with E-state index in [2.05, 4.69) is 29.2 Å². The number of nitrogens with zero attached hydrogens (tertiary/aromatic N) is 7. The van der Waals surface area contributed by atoms with E-state index < -0.39 is 20.0 Å². The van der Waals surface area contributed by atoms with E-state index in [4.69, 9.17) is 23.7 Å². The number of carbonyl (C=O) groups is 3. The second-order valence-electron chi connectivity index (χ2n) is 22.0. The molecule has 4 saturated heterocycles. The van der Waals surface area contributed by atoms with Crippen molar-refractivity contribution < 1.29 is 54.9 Å². The summed E-state index contributed by atoms with van der Waals surface area (Å²) >= 11 is 0. The highest BCUT2D eigenvalue weighted by Gasteiger charge is 2.38. The van der Waals surface area contributed by atoms with Gasteiger partial charge in [-0.25, -0.2) is 21.6 Å². The van der Waals surface area contributed by atoms with E-state index in [-0.39, 0.29) is 85.9 Å². The molecule has 4 fully saturated rings. The standard InChI is InChI=1S/C33H48N4O7S.C25H42N4O5S/c1-25-20-30(42-5)21-26(2)32(25)45(40,41)35(4)18-19-43-24-31(38)36-15-9-12-29(22-36)37(28-13-16-34(3)17-14-28)33(39)44-23-27-10-7-6-8-11-27;1-19-15-23(33-5)16-20(2)25(19)35(31,32)28(4)13-14-34-18-24(30)29-10-6-7-22(17-29)26-21-8-11-27(3)12-9-21/h6-8,10-11,20-21,28-29H,9,12-19,22-24H2,1-5H3;15-16,21-22,26H,6-14,17-18H2,1-5H3/t29-;22-/m00/s1. The molecular weight excluding hydrogens is 1060 g/mol. The summed E-state index contributed by atoms with van der Waals surface area (Å²) in [6.07, 6.45) is 7.31. The molecule has 0 saturated carbocycles. The Morgan fingerprint density at radius 1 is 0.588 bits per heavy atom. The van der Waals surface area contributed by atoms with Gasteiger partial charge in [-0.1, -0.05) is 30.3 Å². The van der Waals surface area contributed by atoms with Gasteiger partial charge >= 0.3 is 6.09 Å². The molecule has 0 aliphatic carbocycles. The predicted molar refractivity (Wildman–Crippen MR) is 308 cm³/mol. The Kier molecular flexibility index (Phi) is 24.4. The van der Waals surface area contributed by atoms with Crippen LogP contribution in [0.1, 0.15) is 79.2 Å². The van der Waals surface area contributed by atoms with Gasteiger partial charge in [0.1, 0.15) is 31.3 Å². The first-order chi connectivity index (χ1) is 38.1. The normalized spacial score (nSPS) is 19.1. The number of hydrogen-bond donors (Lipinski definition) is 1. The van der Waals surface area contributed by atoms with Crippen LogP contribution in [0.2, 0.25) is 0 Å². The van der Waals surface area contributed by atoms with Crippen LogP contribution >= 0.6 is 0 Å². The Hall–Kier alpha value is -4.91. The molecule has 80 heavy (non-hydrogen) atoms. The molecule has 3 amide bonds. The molecule has 1 N–H and O–H groups in total. The highest BCUT2D eigenvalue weighted by molar-refractivity contribution is 7.89. The minimum absolute atomic E-state index is 0.0323. The lowest BCUT2D eigenvalue weighted by molar-refractivity contribution is -0.138. The van der Waals surface area contributed by atoms with Gasteiger partial charge < -0.3 is 53.5 Å². The number of rotatable bonds is 22. The predicted octanol–water partition coefficient (Wildman–Crippen LogP) is 5.30. The smallest absolute Gasteiger partial charge is 0.410 e. The van der Waals surface area contributed by atoms with Crippen molar-refractivity contribution >= 4 is 38.0 Å². The van der Waals surface area contributed by atoms with Crippen molar-refractivity contribution in [1.82, 2.24) is 38.4 Å². The van der Waals surface area contributed by atoms with Crippen LogP contribution < -0.4 is 14.8 Å². The zero-order valence-electron chi connectivity index (χ0n) is 49.1. The zero-order valence-corrected chi connectivity index (χ0v) is 50.7. The first kappa shape index (κ1) is 64.3. The van der Waals surface area contributed by atoms with E-state index in [1.165, 1.54) is 22.7 Å². The van der Waals surface area contributed by atoms with E-state index >= 15 is 0 Å². The number of ether oxygens (including phenoxy) is 5. The number of carbonyl (C=O) groups excluding carboxylic acids is 3. The molecule has 446 valence electrons. The summed E-state index contributed by atoms with van der Waals surface area (Å²) < 4.78 is 82.9. The van der Waals surface area contributed by atoms with E-state index in [0.29, 0.717) is 65.5 Å². The third kappa shape index (κ3) is 17.8. The first-order valence-corrected chi connectivity index (χ1v) is 31.1. The number of aryl methyl sites for hydroxylation is 4. The van der Waals surface area contributed by atoms with Crippen LogP contribution in [-0.2, 0) is 50.5 Å². The van der Waals surface area contributed by atoms with E-state index in [9.17, 15) is 31.2 Å². The highest BCUT2D eigenvalue weighted by atomic mass is 32.2. The van der Waals surface area contributed by atoms with Gasteiger partial charge in [-0.2, -0.15) is 8.61 Å². The number of likely N-dealkylation sites (N-methyl/N-ethyl adjacent to an activating group) is 2. The molecule has 4 heterocycles. The van der Waals surface area contributed by atoms with Crippen LogP contribution in [0.5, 0.6) is 11.5 Å². The molecule has 0 spiro atoms. The number of hydrogen-bond acceptors (Lipinski definition) is 15. The van der Waals surface area contributed by atoms with E-state index in [1.54, 1.807) is 71.1 Å². The molecule has 0 bridgehead atoms. The maximum absolute atomic E-state index is 13.5. The summed E-state index contributed by atoms with van der Waals surface area (Å²) in [6.45, 7) is 14.0. The molecule has 0 unspecified atom stereocenters. The maximum atomic E-state index is 13.5. The molecule has 0 aromatic heterocycles. The number of methoxy groups -OCH3 is 2. The summed E-state index contributed by atoms with van der Waals surface area (Å²) in [4.78, 5) is 50.1. The van der Waals surface area contributed by atoms with Crippen molar-refractivity contribution in [3.05, 3.63) is 82.4 Å². The van der Waals surface area contributed by atoms with Crippen LogP contribution in [-0.4, -0.2) is 226 Å². The van der Waals surface area contributed by atoms with Crippen molar-refractivity contribution in [2.24, 2.45) is 0 Å². The SMILES string of the molecule is COc1cc(C)c(S(=O)(=O)N(C)CCOCC(=O)N2CCC[C@H](N(C(=O)OCc3ccccc3)C3CCN(C)CC3)C2)c(C)c1.COc1cc(C)c(S(=O)(=O)N(C)CCOCC(=O)N2CCC[C@H](NC3CCN(C)CC3)C2)c(C)c1. The number of amides is 3. The van der Waals surface area contributed by atoms with Crippen molar-refractivity contribution in [2.45, 2.75) is 120 Å². The third-order valence-corrected chi connectivity index (χ3v) is 20.2. The molecule has 4 aliphatic heterocycles. The fraction of sp³-hybridized carbons (Fsp3) is 0.638. The van der Waals surface area contributed by atoms with Crippen molar-refractivity contribution in [2.75, 3.05) is 134 Å². The zero-order chi connectivity index (χ0) is 58.1. The van der Waals surface area contributed by atoms with Crippen molar-refractivity contribution in [3.63, 3.8) is 0 Å². The Morgan fingerprint density at radius 3 is 1.51 bits per heavy atom. The minimum atomic E-state index is -3.76. The number of nitrogens with one attached hydrogen (secondary N) is 1. The van der Waals surface area contributed by atoms with Crippen LogP contribution in [0, 0.1) is 27.7 Å². The van der Waals surface area contributed by atoms with Crippen LogP contribution in [0.15, 0.2) is 64.4 Å². The average molecular weight is 1160 g/mol. The molecule has 3 aromatic rings. The molecule has 7 rings (SSSR count). The van der Waals surface area contributed by atoms with Crippen LogP contribution in [0.3, 0.4) is 0 Å². The summed E-state index contributed by atoms with van der Waals surface area (Å²) in [5, 5.41) is 3.75. The number of likely N-dealkylation sites (tertiary alicyclic amines) is 4. The van der Waals surface area contributed by atoms with Gasteiger partial charge in [0.05, 0.1) is 43.3 Å². The van der Waals surface area contributed by atoms with Crippen LogP contribution in [0.4, 0.5) is 4.79 Å². The van der Waals surface area contributed by atoms with E-state index in [1.807, 2.05) is 40.1 Å². The van der Waals surface area contributed by atoms with Crippen molar-refractivity contribution in [3.8, 4) is 11.5 Å². The van der Waals surface area contributed by atoms with Gasteiger partial charge in [0.25, 0.3) is 0 Å². The molecular formula is C58H90N8O12S2. The van der Waals surface area contributed by atoms with Gasteiger partial charge in [-0.3, -0.25) is 9.59 Å². The topological polar surface area (TPSA) is 200 Å². The van der Waals surface area contributed by atoms with Crippen LogP contribution in [0.25, 0.3) is 0 Å². The lowest BCUT2D eigenvalue weighted by Gasteiger charge is -2.44. The Labute approximate surface area is 477 Å². The fourth-order valence-corrected chi connectivity index (χ4v) is 14.3. The lowest BCUT2D eigenvalue weighted by atomic mass is 9.97. The maximum Gasteiger partial charge on any atom is 0.410 e. The van der Waals surface area contributed by atoms with E-state index in [0.717, 1.165) is 89.7 Å². The Morgan fingerprint density at radius 2 is 1.04 bits per heavy atom. The largest absolute Gasteiger partial charge is 0.497 e. The fourth-order valence-electron chi connectivity index (χ4n) is 11.2. The molecule has 3 aromatic carbocycles. The first-order valence-electron chi connectivity index (χ1n) is 28.2. The summed E-state index contributed by atoms with van der Waals surface area (Å²) in [6, 6.07) is 17.2. The van der Waals surface area contributed by atoms with Crippen molar-refractivity contribution in [1.29, 1.82) is 0 Å². The van der Waals surface area contributed by atoms with Gasteiger partial charge in [0.2, 0.25) is 31.9 Å². The van der Waals surface area contributed by atoms with Gasteiger partial charge in [0, 0.05) is 71.5 Å². The monoisotopic (exact) mass is 1150 g/mol. The van der Waals surface area contributed by atoms with Gasteiger partial charge in [-0.05, 0) is 171 Å². The molecule has 2 atom stereocenters. The minimum Gasteiger partial charge on any atom is -0.497 e. The molecule has 0 radical (unpaired) electrons. The third-order valence-electron chi connectivity index (χ3n) is 15.8. The van der Waals surface area contributed by atoms with Gasteiger partial charge in [0.15, 0.2) is 0 Å². The Bertz CT molecular complexity index is 2680. The number of piperidine rings is 4. The Balaban J connectivity index is 0.000000266. The summed E-state index contributed by atoms with van der Waals surface area (Å²) in [7, 11) is 2.95. The van der Waals surface area contributed by atoms with Gasteiger partial charge in [-0.15, -0.1) is 0 Å². The summed E-state index contributed by atoms with van der Waals surface area (Å²) in [5.74, 6) is 1.03. The second-order valence-corrected chi connectivity index (χ2v) is 25.9. The molecule has 4 aliphatic rings. The molecule has 20 nitrogen and oxygen atoms in total. The summed E-state index contributed by atoms with van der Waals surface area (Å²) in [5.41, 5.74) is 3.41.